The third kappa shape index (κ3) is 4.16. The molecule has 136 valence electrons. The lowest BCUT2D eigenvalue weighted by atomic mass is 10.2. The molecule has 3 aromatic rings. The maximum atomic E-state index is 12.4. The Hall–Kier alpha value is -2.54. The number of hydrogen-bond acceptors (Lipinski definition) is 5. The number of nitrogens with one attached hydrogen (secondary N) is 1. The molecular formula is C19H23N5OS. The number of aromatic nitrogens is 4. The summed E-state index contributed by atoms with van der Waals surface area (Å²) in [6.07, 6.45) is 7.87. The molecule has 3 aromatic heterocycles. The van der Waals surface area contributed by atoms with Gasteiger partial charge in [-0.25, -0.2) is 9.97 Å². The van der Waals surface area contributed by atoms with Crippen molar-refractivity contribution in [2.24, 2.45) is 0 Å². The SMILES string of the molecule is CC(C)c1nccn1[C@@H](C)C(=O)NCCc1csc(-c2cccnc2)n1. The lowest BCUT2D eigenvalue weighted by Crippen LogP contribution is -2.33. The zero-order valence-electron chi connectivity index (χ0n) is 15.2. The second-order valence-corrected chi connectivity index (χ2v) is 7.31. The minimum absolute atomic E-state index is 0.00684. The molecule has 0 aromatic carbocycles. The number of hydrogen-bond donors (Lipinski definition) is 1. The summed E-state index contributed by atoms with van der Waals surface area (Å²) in [4.78, 5) is 25.5. The fourth-order valence-electron chi connectivity index (χ4n) is 2.73. The standard InChI is InChI=1S/C19H23N5OS/c1-13(2)17-21-9-10-24(17)14(3)18(25)22-8-6-16-12-26-19(23-16)15-5-4-7-20-11-15/h4-5,7,9-14H,6,8H2,1-3H3,(H,22,25)/t14-/m0/s1. The second kappa shape index (κ2) is 8.23. The first-order valence-corrected chi connectivity index (χ1v) is 9.59. The smallest absolute Gasteiger partial charge is 0.242 e. The molecule has 6 nitrogen and oxygen atoms in total. The average Bonchev–Trinajstić information content (AvgIpc) is 3.31. The van der Waals surface area contributed by atoms with E-state index in [1.165, 1.54) is 0 Å². The zero-order valence-corrected chi connectivity index (χ0v) is 16.0. The summed E-state index contributed by atoms with van der Waals surface area (Å²) >= 11 is 1.59. The normalized spacial score (nSPS) is 12.3. The quantitative estimate of drug-likeness (QED) is 0.692. The molecule has 1 N–H and O–H groups in total. The van der Waals surface area contributed by atoms with Gasteiger partial charge in [-0.1, -0.05) is 13.8 Å². The van der Waals surface area contributed by atoms with Crippen LogP contribution in [0.15, 0.2) is 42.3 Å². The van der Waals surface area contributed by atoms with Crippen LogP contribution in [-0.4, -0.2) is 32.0 Å². The number of amides is 1. The van der Waals surface area contributed by atoms with Gasteiger partial charge in [-0.3, -0.25) is 9.78 Å². The van der Waals surface area contributed by atoms with E-state index in [9.17, 15) is 4.79 Å². The van der Waals surface area contributed by atoms with Crippen LogP contribution in [0.3, 0.4) is 0 Å². The van der Waals surface area contributed by atoms with Gasteiger partial charge in [0.15, 0.2) is 0 Å². The Balaban J connectivity index is 1.54. The van der Waals surface area contributed by atoms with Crippen LogP contribution in [0.4, 0.5) is 0 Å². The third-order valence-electron chi connectivity index (χ3n) is 4.15. The first kappa shape index (κ1) is 18.3. The van der Waals surface area contributed by atoms with Crippen LogP contribution in [0.5, 0.6) is 0 Å². The van der Waals surface area contributed by atoms with Gasteiger partial charge in [0.1, 0.15) is 16.9 Å². The summed E-state index contributed by atoms with van der Waals surface area (Å²) in [5.41, 5.74) is 2.00. The van der Waals surface area contributed by atoms with Gasteiger partial charge in [0.25, 0.3) is 0 Å². The van der Waals surface area contributed by atoms with Crippen LogP contribution in [0.25, 0.3) is 10.6 Å². The van der Waals surface area contributed by atoms with Gasteiger partial charge < -0.3 is 9.88 Å². The molecule has 0 unspecified atom stereocenters. The van der Waals surface area contributed by atoms with Crippen molar-refractivity contribution in [3.63, 3.8) is 0 Å². The van der Waals surface area contributed by atoms with E-state index in [-0.39, 0.29) is 17.9 Å². The lowest BCUT2D eigenvalue weighted by Gasteiger charge is -2.17. The van der Waals surface area contributed by atoms with E-state index in [0.717, 1.165) is 22.1 Å². The molecule has 3 rings (SSSR count). The van der Waals surface area contributed by atoms with Gasteiger partial charge in [-0.15, -0.1) is 11.3 Å². The average molecular weight is 369 g/mol. The number of imidazole rings is 1. The van der Waals surface area contributed by atoms with Crippen molar-refractivity contribution in [2.75, 3.05) is 6.54 Å². The Kier molecular flexibility index (Phi) is 5.78. The Bertz CT molecular complexity index is 856. The highest BCUT2D eigenvalue weighted by molar-refractivity contribution is 7.13. The monoisotopic (exact) mass is 369 g/mol. The van der Waals surface area contributed by atoms with Gasteiger partial charge in [0, 0.05) is 54.6 Å². The molecule has 0 aliphatic heterocycles. The highest BCUT2D eigenvalue weighted by Gasteiger charge is 2.18. The maximum absolute atomic E-state index is 12.4. The lowest BCUT2D eigenvalue weighted by molar-refractivity contribution is -0.123. The predicted octanol–water partition coefficient (Wildman–Crippen LogP) is 3.44. The summed E-state index contributed by atoms with van der Waals surface area (Å²) in [6.45, 7) is 6.61. The summed E-state index contributed by atoms with van der Waals surface area (Å²) in [5.74, 6) is 1.20. The van der Waals surface area contributed by atoms with Crippen molar-refractivity contribution in [3.05, 3.63) is 53.8 Å². The van der Waals surface area contributed by atoms with Gasteiger partial charge in [-0.2, -0.15) is 0 Å². The molecule has 0 spiro atoms. The second-order valence-electron chi connectivity index (χ2n) is 6.45. The van der Waals surface area contributed by atoms with Gasteiger partial charge in [0.05, 0.1) is 5.69 Å². The molecule has 0 saturated heterocycles. The minimum Gasteiger partial charge on any atom is -0.354 e. The van der Waals surface area contributed by atoms with Gasteiger partial charge in [-0.05, 0) is 19.1 Å². The van der Waals surface area contributed by atoms with Crippen LogP contribution in [0.2, 0.25) is 0 Å². The fraction of sp³-hybridized carbons (Fsp3) is 0.368. The van der Waals surface area contributed by atoms with Gasteiger partial charge >= 0.3 is 0 Å². The topological polar surface area (TPSA) is 72.7 Å². The number of rotatable bonds is 7. The van der Waals surface area contributed by atoms with E-state index < -0.39 is 0 Å². The highest BCUT2D eigenvalue weighted by Crippen LogP contribution is 2.22. The molecule has 26 heavy (non-hydrogen) atoms. The zero-order chi connectivity index (χ0) is 18.5. The molecule has 1 atom stereocenters. The molecule has 0 aliphatic rings. The molecule has 0 bridgehead atoms. The van der Waals surface area contributed by atoms with E-state index in [2.05, 4.69) is 34.1 Å². The van der Waals surface area contributed by atoms with Crippen molar-refractivity contribution in [1.29, 1.82) is 0 Å². The fourth-order valence-corrected chi connectivity index (χ4v) is 3.58. The van der Waals surface area contributed by atoms with E-state index in [1.54, 1.807) is 23.7 Å². The van der Waals surface area contributed by atoms with E-state index >= 15 is 0 Å². The number of thiazole rings is 1. The van der Waals surface area contributed by atoms with Crippen LogP contribution in [0.1, 0.15) is 44.2 Å². The molecule has 7 heteroatoms. The molecule has 0 aliphatic carbocycles. The number of nitrogens with zero attached hydrogens (tertiary/aromatic N) is 4. The van der Waals surface area contributed by atoms with Crippen LogP contribution in [-0.2, 0) is 11.2 Å². The van der Waals surface area contributed by atoms with E-state index in [4.69, 9.17) is 0 Å². The maximum Gasteiger partial charge on any atom is 0.242 e. The number of carbonyl (C=O) groups is 1. The Morgan fingerprint density at radius 1 is 1.31 bits per heavy atom. The summed E-state index contributed by atoms with van der Waals surface area (Å²) < 4.78 is 1.93. The first-order chi connectivity index (χ1) is 12.6. The van der Waals surface area contributed by atoms with Crippen LogP contribution in [0, 0.1) is 0 Å². The summed E-state index contributed by atoms with van der Waals surface area (Å²) in [5, 5.41) is 5.98. The van der Waals surface area contributed by atoms with Crippen molar-refractivity contribution >= 4 is 17.2 Å². The first-order valence-electron chi connectivity index (χ1n) is 8.71. The summed E-state index contributed by atoms with van der Waals surface area (Å²) in [6, 6.07) is 3.62. The molecule has 0 fully saturated rings. The van der Waals surface area contributed by atoms with Crippen molar-refractivity contribution < 1.29 is 4.79 Å². The Labute approximate surface area is 157 Å². The van der Waals surface area contributed by atoms with Crippen molar-refractivity contribution in [1.82, 2.24) is 24.8 Å². The predicted molar refractivity (Wildman–Crippen MR) is 103 cm³/mol. The largest absolute Gasteiger partial charge is 0.354 e. The van der Waals surface area contributed by atoms with Crippen LogP contribution >= 0.6 is 11.3 Å². The molecule has 0 saturated carbocycles. The Morgan fingerprint density at radius 2 is 2.15 bits per heavy atom. The van der Waals surface area contributed by atoms with E-state index in [1.807, 2.05) is 41.4 Å². The molecule has 0 radical (unpaired) electrons. The third-order valence-corrected chi connectivity index (χ3v) is 5.09. The molecule has 3 heterocycles. The van der Waals surface area contributed by atoms with Crippen molar-refractivity contribution in [3.8, 4) is 10.6 Å². The van der Waals surface area contributed by atoms with E-state index in [0.29, 0.717) is 13.0 Å². The number of carbonyl (C=O) groups excluding carboxylic acids is 1. The Morgan fingerprint density at radius 3 is 2.88 bits per heavy atom. The molecular weight excluding hydrogens is 346 g/mol. The van der Waals surface area contributed by atoms with Crippen LogP contribution < -0.4 is 5.32 Å². The summed E-state index contributed by atoms with van der Waals surface area (Å²) in [7, 11) is 0. The van der Waals surface area contributed by atoms with Gasteiger partial charge in [0.2, 0.25) is 5.91 Å². The van der Waals surface area contributed by atoms with Crippen molar-refractivity contribution in [2.45, 2.75) is 39.2 Å². The molecule has 1 amide bonds. The number of pyridine rings is 1. The minimum atomic E-state index is -0.281. The highest BCUT2D eigenvalue weighted by atomic mass is 32.1.